The van der Waals surface area contributed by atoms with E-state index in [0.717, 1.165) is 23.2 Å². The van der Waals surface area contributed by atoms with Gasteiger partial charge in [0.25, 0.3) is 0 Å². The molecule has 0 saturated carbocycles. The van der Waals surface area contributed by atoms with Gasteiger partial charge in [-0.3, -0.25) is 4.68 Å². The smallest absolute Gasteiger partial charge is 0.138 e. The number of halogens is 1. The zero-order valence-corrected chi connectivity index (χ0v) is 9.48. The number of nitrogens with zero attached hydrogens (tertiary/aromatic N) is 3. The average molecular weight is 220 g/mol. The molecule has 0 aromatic carbocycles. The molecule has 0 spiro atoms. The first-order valence-corrected chi connectivity index (χ1v) is 5.89. The van der Waals surface area contributed by atoms with E-state index in [2.05, 4.69) is 17.0 Å². The van der Waals surface area contributed by atoms with Crippen molar-refractivity contribution in [2.45, 2.75) is 12.7 Å². The monoisotopic (exact) mass is 219 g/mol. The molecule has 0 radical (unpaired) electrons. The van der Waals surface area contributed by atoms with E-state index >= 15 is 0 Å². The highest BCUT2D eigenvalue weighted by Crippen LogP contribution is 2.13. The molecule has 0 bridgehead atoms. The molecule has 0 aliphatic heterocycles. The number of alkyl halides is 1. The van der Waals surface area contributed by atoms with Gasteiger partial charge in [0, 0.05) is 12.9 Å². The quantitative estimate of drug-likeness (QED) is 0.709. The molecule has 0 aliphatic carbocycles. The molecule has 0 amide bonds. The molecule has 74 valence electrons. The van der Waals surface area contributed by atoms with Crippen molar-refractivity contribution in [1.82, 2.24) is 14.8 Å². The van der Waals surface area contributed by atoms with Gasteiger partial charge < -0.3 is 0 Å². The Morgan fingerprint density at radius 3 is 3.00 bits per heavy atom. The Hall–Kier alpha value is -0.220. The van der Waals surface area contributed by atoms with Gasteiger partial charge in [0.1, 0.15) is 12.2 Å². The maximum absolute atomic E-state index is 5.70. The lowest BCUT2D eigenvalue weighted by molar-refractivity contribution is 0.726. The van der Waals surface area contributed by atoms with Crippen molar-refractivity contribution < 1.29 is 0 Å². The van der Waals surface area contributed by atoms with Crippen molar-refractivity contribution in [2.24, 2.45) is 13.0 Å². The third-order valence-corrected chi connectivity index (χ3v) is 3.50. The minimum absolute atomic E-state index is 0.569. The summed E-state index contributed by atoms with van der Waals surface area (Å²) in [5.41, 5.74) is 0. The summed E-state index contributed by atoms with van der Waals surface area (Å²) < 4.78 is 1.80. The van der Waals surface area contributed by atoms with E-state index in [-0.39, 0.29) is 0 Å². The normalized spacial score (nSPS) is 13.2. The Kier molecular flexibility index (Phi) is 4.59. The number of thioether (sulfide) groups is 1. The number of hydrogen-bond acceptors (Lipinski definition) is 3. The maximum Gasteiger partial charge on any atom is 0.138 e. The van der Waals surface area contributed by atoms with Crippen LogP contribution < -0.4 is 0 Å². The summed E-state index contributed by atoms with van der Waals surface area (Å²) in [7, 11) is 1.91. The predicted molar refractivity (Wildman–Crippen MR) is 57.0 cm³/mol. The lowest BCUT2D eigenvalue weighted by atomic mass is 10.3. The summed E-state index contributed by atoms with van der Waals surface area (Å²) in [6.45, 7) is 2.15. The summed E-state index contributed by atoms with van der Waals surface area (Å²) in [4.78, 5) is 4.14. The second-order valence-corrected chi connectivity index (χ2v) is 4.41. The van der Waals surface area contributed by atoms with E-state index in [0.29, 0.717) is 5.92 Å². The first kappa shape index (κ1) is 10.9. The van der Waals surface area contributed by atoms with Gasteiger partial charge in [0.15, 0.2) is 0 Å². The average Bonchev–Trinajstić information content (AvgIpc) is 2.52. The third kappa shape index (κ3) is 3.56. The summed E-state index contributed by atoms with van der Waals surface area (Å²) in [5.74, 6) is 4.31. The minimum Gasteiger partial charge on any atom is -0.252 e. The van der Waals surface area contributed by atoms with Gasteiger partial charge in [0.05, 0.1) is 5.75 Å². The number of aryl methyl sites for hydroxylation is 1. The molecule has 0 N–H and O–H groups in total. The summed E-state index contributed by atoms with van der Waals surface area (Å²) in [5, 5.41) is 4.00. The van der Waals surface area contributed by atoms with Gasteiger partial charge in [-0.2, -0.15) is 16.9 Å². The molecule has 5 heteroatoms. The Balaban J connectivity index is 2.24. The molecule has 0 saturated heterocycles. The fourth-order valence-electron chi connectivity index (χ4n) is 0.847. The topological polar surface area (TPSA) is 30.7 Å². The van der Waals surface area contributed by atoms with Crippen LogP contribution in [-0.2, 0) is 12.8 Å². The van der Waals surface area contributed by atoms with E-state index in [4.69, 9.17) is 11.6 Å². The molecule has 13 heavy (non-hydrogen) atoms. The number of hydrogen-bond donors (Lipinski definition) is 0. The van der Waals surface area contributed by atoms with Crippen LogP contribution in [0, 0.1) is 5.92 Å². The molecular weight excluding hydrogens is 206 g/mol. The molecule has 0 fully saturated rings. The summed E-state index contributed by atoms with van der Waals surface area (Å²) >= 11 is 7.55. The molecule has 0 aliphatic rings. The number of aromatic nitrogens is 3. The lowest BCUT2D eigenvalue weighted by Crippen LogP contribution is -2.02. The Bertz CT molecular complexity index is 251. The van der Waals surface area contributed by atoms with Crippen LogP contribution in [0.2, 0.25) is 0 Å². The van der Waals surface area contributed by atoms with E-state index < -0.39 is 0 Å². The second-order valence-electron chi connectivity index (χ2n) is 3.07. The Morgan fingerprint density at radius 1 is 1.69 bits per heavy atom. The highest BCUT2D eigenvalue weighted by atomic mass is 35.5. The van der Waals surface area contributed by atoms with Crippen LogP contribution in [0.15, 0.2) is 6.33 Å². The van der Waals surface area contributed by atoms with Crippen molar-refractivity contribution in [3.63, 3.8) is 0 Å². The highest BCUT2D eigenvalue weighted by Gasteiger charge is 2.03. The SMILES string of the molecule is CC(CCl)CSCc1ncnn1C. The molecule has 1 heterocycles. The van der Waals surface area contributed by atoms with Gasteiger partial charge >= 0.3 is 0 Å². The molecule has 1 atom stereocenters. The molecule has 3 nitrogen and oxygen atoms in total. The van der Waals surface area contributed by atoms with Crippen molar-refractivity contribution >= 4 is 23.4 Å². The van der Waals surface area contributed by atoms with E-state index in [1.807, 2.05) is 18.8 Å². The summed E-state index contributed by atoms with van der Waals surface area (Å²) in [6, 6.07) is 0. The standard InChI is InChI=1S/C8H14ClN3S/c1-7(3-9)4-13-5-8-10-6-11-12(8)2/h6-7H,3-5H2,1-2H3. The Labute approximate surface area is 87.9 Å². The molecule has 1 rings (SSSR count). The van der Waals surface area contributed by atoms with Gasteiger partial charge in [-0.15, -0.1) is 11.6 Å². The molecular formula is C8H14ClN3S. The first-order valence-electron chi connectivity index (χ1n) is 4.20. The molecule has 1 aromatic rings. The zero-order valence-electron chi connectivity index (χ0n) is 7.90. The Morgan fingerprint density at radius 2 is 2.46 bits per heavy atom. The van der Waals surface area contributed by atoms with E-state index in [9.17, 15) is 0 Å². The molecule has 1 unspecified atom stereocenters. The van der Waals surface area contributed by atoms with E-state index in [1.54, 1.807) is 11.0 Å². The van der Waals surface area contributed by atoms with Crippen LogP contribution in [0.5, 0.6) is 0 Å². The van der Waals surface area contributed by atoms with Gasteiger partial charge in [0.2, 0.25) is 0 Å². The highest BCUT2D eigenvalue weighted by molar-refractivity contribution is 7.98. The zero-order chi connectivity index (χ0) is 9.68. The largest absolute Gasteiger partial charge is 0.252 e. The fraction of sp³-hybridized carbons (Fsp3) is 0.750. The minimum atomic E-state index is 0.569. The summed E-state index contributed by atoms with van der Waals surface area (Å²) in [6.07, 6.45) is 1.58. The lowest BCUT2D eigenvalue weighted by Gasteiger charge is -2.05. The van der Waals surface area contributed by atoms with Gasteiger partial charge in [-0.05, 0) is 11.7 Å². The maximum atomic E-state index is 5.70. The van der Waals surface area contributed by atoms with Crippen LogP contribution in [0.4, 0.5) is 0 Å². The molecule has 1 aromatic heterocycles. The first-order chi connectivity index (χ1) is 6.24. The van der Waals surface area contributed by atoms with Crippen LogP contribution in [0.25, 0.3) is 0 Å². The van der Waals surface area contributed by atoms with Gasteiger partial charge in [-0.1, -0.05) is 6.92 Å². The van der Waals surface area contributed by atoms with Crippen LogP contribution in [0.1, 0.15) is 12.7 Å². The van der Waals surface area contributed by atoms with Crippen LogP contribution in [-0.4, -0.2) is 26.4 Å². The van der Waals surface area contributed by atoms with Crippen molar-refractivity contribution in [2.75, 3.05) is 11.6 Å². The predicted octanol–water partition coefficient (Wildman–Crippen LogP) is 1.92. The third-order valence-electron chi connectivity index (χ3n) is 1.70. The van der Waals surface area contributed by atoms with Gasteiger partial charge in [-0.25, -0.2) is 4.98 Å². The van der Waals surface area contributed by atoms with Crippen molar-refractivity contribution in [3.05, 3.63) is 12.2 Å². The van der Waals surface area contributed by atoms with Crippen molar-refractivity contribution in [3.8, 4) is 0 Å². The van der Waals surface area contributed by atoms with Crippen molar-refractivity contribution in [1.29, 1.82) is 0 Å². The number of rotatable bonds is 5. The van der Waals surface area contributed by atoms with Crippen LogP contribution in [0.3, 0.4) is 0 Å². The van der Waals surface area contributed by atoms with Crippen LogP contribution >= 0.6 is 23.4 Å². The fourth-order valence-corrected chi connectivity index (χ4v) is 2.17. The second kappa shape index (κ2) is 5.50. The van der Waals surface area contributed by atoms with E-state index in [1.165, 1.54) is 0 Å².